The van der Waals surface area contributed by atoms with E-state index < -0.39 is 23.2 Å². The first kappa shape index (κ1) is 26.2. The molecular weight excluding hydrogens is 495 g/mol. The van der Waals surface area contributed by atoms with Crippen LogP contribution in [0.3, 0.4) is 0 Å². The number of carbonyl (C=O) groups excluding carboxylic acids is 2. The number of alkyl halides is 3. The number of amides is 2. The summed E-state index contributed by atoms with van der Waals surface area (Å²) < 4.78 is 40.4. The first-order valence-corrected chi connectivity index (χ1v) is 13.3. The van der Waals surface area contributed by atoms with Crippen LogP contribution in [-0.2, 0) is 11.0 Å². The number of nitrogens with zero attached hydrogens (tertiary/aromatic N) is 4. The van der Waals surface area contributed by atoms with Crippen molar-refractivity contribution in [3.05, 3.63) is 65.5 Å². The second kappa shape index (κ2) is 10.7. The number of nitrogens with one attached hydrogen (secondary N) is 1. The lowest BCUT2D eigenvalue weighted by atomic mass is 10.1. The van der Waals surface area contributed by atoms with Gasteiger partial charge in [-0.15, -0.1) is 0 Å². The van der Waals surface area contributed by atoms with Crippen molar-refractivity contribution in [2.24, 2.45) is 10.9 Å². The number of aromatic nitrogens is 1. The van der Waals surface area contributed by atoms with Gasteiger partial charge in [-0.25, -0.2) is 4.99 Å². The molecule has 2 amide bonds. The molecule has 5 rings (SSSR count). The number of rotatable bonds is 8. The molecule has 1 N–H and O–H groups in total. The molecule has 1 saturated heterocycles. The molecule has 1 aliphatic heterocycles. The van der Waals surface area contributed by atoms with Gasteiger partial charge in [0.25, 0.3) is 5.91 Å². The van der Waals surface area contributed by atoms with Crippen LogP contribution in [0.5, 0.6) is 0 Å². The third-order valence-electron chi connectivity index (χ3n) is 7.46. The number of hydrogen-bond acceptors (Lipinski definition) is 4. The minimum Gasteiger partial charge on any atom is -0.354 e. The summed E-state index contributed by atoms with van der Waals surface area (Å²) in [6.45, 7) is 1.85. The monoisotopic (exact) mass is 527 g/mol. The third-order valence-corrected chi connectivity index (χ3v) is 7.46. The topological polar surface area (TPSA) is 77.9 Å². The van der Waals surface area contributed by atoms with Gasteiger partial charge in [0.05, 0.1) is 11.1 Å². The van der Waals surface area contributed by atoms with Crippen LogP contribution in [0.25, 0.3) is 0 Å². The summed E-state index contributed by atoms with van der Waals surface area (Å²) in [4.78, 5) is 38.9. The zero-order valence-corrected chi connectivity index (χ0v) is 21.2. The largest absolute Gasteiger partial charge is 0.417 e. The van der Waals surface area contributed by atoms with Gasteiger partial charge < -0.3 is 15.1 Å². The van der Waals surface area contributed by atoms with Crippen molar-refractivity contribution in [3.8, 4) is 0 Å². The Kier molecular flexibility index (Phi) is 7.40. The van der Waals surface area contributed by atoms with Gasteiger partial charge in [0.15, 0.2) is 5.84 Å². The van der Waals surface area contributed by atoms with Crippen molar-refractivity contribution in [2.75, 3.05) is 32.7 Å². The Balaban J connectivity index is 1.28. The van der Waals surface area contributed by atoms with E-state index in [9.17, 15) is 22.8 Å². The van der Waals surface area contributed by atoms with E-state index in [-0.39, 0.29) is 24.6 Å². The Bertz CT molecular complexity index is 1180. The SMILES string of the molecule is O=C(c1ccccc1C(F)(F)F)N1CCN(C(=NC2(C(=O)NCCCC3CC3)CC2)c2ccccn2)CC1. The molecule has 0 radical (unpaired) electrons. The van der Waals surface area contributed by atoms with Crippen LogP contribution in [-0.4, -0.2) is 70.7 Å². The van der Waals surface area contributed by atoms with E-state index >= 15 is 0 Å². The third kappa shape index (κ3) is 6.00. The van der Waals surface area contributed by atoms with Gasteiger partial charge in [-0.3, -0.25) is 14.6 Å². The van der Waals surface area contributed by atoms with Crippen molar-refractivity contribution in [2.45, 2.75) is 50.2 Å². The molecule has 10 heteroatoms. The van der Waals surface area contributed by atoms with Gasteiger partial charge >= 0.3 is 6.18 Å². The molecule has 3 aliphatic rings. The summed E-state index contributed by atoms with van der Waals surface area (Å²) >= 11 is 0. The Morgan fingerprint density at radius 2 is 1.68 bits per heavy atom. The van der Waals surface area contributed by atoms with E-state index in [4.69, 9.17) is 4.99 Å². The molecule has 0 spiro atoms. The molecule has 38 heavy (non-hydrogen) atoms. The zero-order chi connectivity index (χ0) is 26.8. The van der Waals surface area contributed by atoms with Crippen LogP contribution < -0.4 is 5.32 Å². The highest BCUT2D eigenvalue weighted by atomic mass is 19.4. The fourth-order valence-electron chi connectivity index (χ4n) is 4.87. The maximum atomic E-state index is 13.5. The average molecular weight is 528 g/mol. The molecule has 0 bridgehead atoms. The summed E-state index contributed by atoms with van der Waals surface area (Å²) in [6, 6.07) is 10.4. The predicted octanol–water partition coefficient (Wildman–Crippen LogP) is 4.14. The number of carbonyl (C=O) groups is 2. The Hall–Kier alpha value is -3.43. The van der Waals surface area contributed by atoms with Crippen LogP contribution in [0, 0.1) is 5.92 Å². The molecule has 2 aliphatic carbocycles. The van der Waals surface area contributed by atoms with Gasteiger partial charge in [0.1, 0.15) is 11.2 Å². The van der Waals surface area contributed by atoms with Gasteiger partial charge in [-0.05, 0) is 55.9 Å². The van der Waals surface area contributed by atoms with Crippen LogP contribution >= 0.6 is 0 Å². The molecule has 2 saturated carbocycles. The lowest BCUT2D eigenvalue weighted by molar-refractivity contribution is -0.138. The molecule has 3 fully saturated rings. The quantitative estimate of drug-likeness (QED) is 0.318. The van der Waals surface area contributed by atoms with E-state index in [0.29, 0.717) is 44.0 Å². The summed E-state index contributed by atoms with van der Waals surface area (Å²) in [5, 5.41) is 3.06. The number of hydrogen-bond donors (Lipinski definition) is 1. The Morgan fingerprint density at radius 1 is 1.00 bits per heavy atom. The van der Waals surface area contributed by atoms with Crippen molar-refractivity contribution < 1.29 is 22.8 Å². The van der Waals surface area contributed by atoms with Gasteiger partial charge in [0.2, 0.25) is 5.91 Å². The van der Waals surface area contributed by atoms with Crippen molar-refractivity contribution in [3.63, 3.8) is 0 Å². The lowest BCUT2D eigenvalue weighted by Gasteiger charge is -2.37. The lowest BCUT2D eigenvalue weighted by Crippen LogP contribution is -2.51. The van der Waals surface area contributed by atoms with E-state index in [1.807, 2.05) is 17.0 Å². The number of piperazine rings is 1. The highest BCUT2D eigenvalue weighted by Crippen LogP contribution is 2.41. The smallest absolute Gasteiger partial charge is 0.354 e. The normalized spacial score (nSPS) is 19.3. The van der Waals surface area contributed by atoms with E-state index in [1.165, 1.54) is 35.9 Å². The first-order valence-electron chi connectivity index (χ1n) is 13.3. The molecule has 202 valence electrons. The predicted molar refractivity (Wildman–Crippen MR) is 137 cm³/mol. The van der Waals surface area contributed by atoms with Gasteiger partial charge in [0, 0.05) is 38.9 Å². The van der Waals surface area contributed by atoms with Crippen LogP contribution in [0.2, 0.25) is 0 Å². The minimum absolute atomic E-state index is 0.0701. The van der Waals surface area contributed by atoms with E-state index in [1.54, 1.807) is 12.3 Å². The number of amidine groups is 1. The Labute approximate surface area is 220 Å². The van der Waals surface area contributed by atoms with E-state index in [2.05, 4.69) is 10.3 Å². The maximum absolute atomic E-state index is 13.5. The van der Waals surface area contributed by atoms with Crippen LogP contribution in [0.15, 0.2) is 53.7 Å². The number of benzene rings is 1. The summed E-state index contributed by atoms with van der Waals surface area (Å²) in [6.07, 6.45) is 3.07. The second-order valence-corrected chi connectivity index (χ2v) is 10.3. The van der Waals surface area contributed by atoms with Crippen molar-refractivity contribution in [1.29, 1.82) is 0 Å². The van der Waals surface area contributed by atoms with E-state index in [0.717, 1.165) is 24.8 Å². The standard InChI is InChI=1S/C28H32F3N5O2/c29-28(30,31)22-8-2-1-7-21(22)25(37)36-18-16-35(17-19-36)24(23-9-3-4-14-32-23)34-27(12-13-27)26(38)33-15-5-6-20-10-11-20/h1-4,7-9,14,20H,5-6,10-13,15-19H2,(H,33,38). The molecule has 2 aromatic rings. The summed E-state index contributed by atoms with van der Waals surface area (Å²) in [7, 11) is 0. The van der Waals surface area contributed by atoms with Gasteiger partial charge in [-0.2, -0.15) is 13.2 Å². The summed E-state index contributed by atoms with van der Waals surface area (Å²) in [5.41, 5.74) is -1.46. The molecular formula is C28H32F3N5O2. The van der Waals surface area contributed by atoms with Crippen LogP contribution in [0.4, 0.5) is 13.2 Å². The highest BCUT2D eigenvalue weighted by Gasteiger charge is 2.51. The molecule has 1 aromatic carbocycles. The number of aliphatic imine (C=N–C) groups is 1. The molecule has 1 aromatic heterocycles. The van der Waals surface area contributed by atoms with Crippen molar-refractivity contribution >= 4 is 17.6 Å². The molecule has 2 heterocycles. The maximum Gasteiger partial charge on any atom is 0.417 e. The Morgan fingerprint density at radius 3 is 2.32 bits per heavy atom. The van der Waals surface area contributed by atoms with Crippen molar-refractivity contribution in [1.82, 2.24) is 20.1 Å². The summed E-state index contributed by atoms with van der Waals surface area (Å²) in [5.74, 6) is 0.694. The first-order chi connectivity index (χ1) is 18.3. The second-order valence-electron chi connectivity index (χ2n) is 10.3. The molecule has 7 nitrogen and oxygen atoms in total. The fourth-order valence-corrected chi connectivity index (χ4v) is 4.87. The highest BCUT2D eigenvalue weighted by molar-refractivity contribution is 6.01. The molecule has 0 atom stereocenters. The zero-order valence-electron chi connectivity index (χ0n) is 21.2. The van der Waals surface area contributed by atoms with Gasteiger partial charge in [-0.1, -0.05) is 31.0 Å². The average Bonchev–Trinajstić information content (AvgIpc) is 3.86. The number of halogens is 3. The minimum atomic E-state index is -4.61. The molecule has 0 unspecified atom stereocenters. The van der Waals surface area contributed by atoms with Crippen LogP contribution in [0.1, 0.15) is 60.1 Å². The number of pyridine rings is 1. The fraction of sp³-hybridized carbons (Fsp3) is 0.500.